The number of nitrogens with zero attached hydrogens (tertiary/aromatic N) is 2. The van der Waals surface area contributed by atoms with Crippen LogP contribution >= 0.6 is 0 Å². The number of anilines is 2. The lowest BCUT2D eigenvalue weighted by atomic mass is 10.1. The summed E-state index contributed by atoms with van der Waals surface area (Å²) in [5, 5.41) is 2.76. The number of furan rings is 1. The molecule has 4 rings (SSSR count). The van der Waals surface area contributed by atoms with Gasteiger partial charge in [-0.1, -0.05) is 12.1 Å². The second-order valence-corrected chi connectivity index (χ2v) is 7.53. The smallest absolute Gasteiger partial charge is 0.416 e. The molecule has 8 heteroatoms. The Morgan fingerprint density at radius 1 is 0.968 bits per heavy atom. The Kier molecular flexibility index (Phi) is 5.73. The molecule has 0 unspecified atom stereocenters. The van der Waals surface area contributed by atoms with E-state index in [0.717, 1.165) is 44.0 Å². The van der Waals surface area contributed by atoms with Crippen molar-refractivity contribution >= 4 is 17.3 Å². The molecule has 0 bridgehead atoms. The Morgan fingerprint density at radius 2 is 1.68 bits per heavy atom. The maximum Gasteiger partial charge on any atom is 0.416 e. The number of amides is 1. The topological polar surface area (TPSA) is 48.7 Å². The lowest BCUT2D eigenvalue weighted by Gasteiger charge is -2.34. The van der Waals surface area contributed by atoms with Crippen LogP contribution in [0.4, 0.5) is 24.5 Å². The zero-order valence-electron chi connectivity index (χ0n) is 16.9. The molecular weight excluding hydrogens is 407 g/mol. The molecule has 31 heavy (non-hydrogen) atoms. The summed E-state index contributed by atoms with van der Waals surface area (Å²) in [6, 6.07) is 15.3. The first-order valence-electron chi connectivity index (χ1n) is 9.92. The van der Waals surface area contributed by atoms with Crippen LogP contribution in [0.2, 0.25) is 0 Å². The largest absolute Gasteiger partial charge is 0.451 e. The minimum Gasteiger partial charge on any atom is -0.451 e. The molecule has 1 saturated heterocycles. The number of hydrogen-bond acceptors (Lipinski definition) is 4. The number of piperazine rings is 1. The van der Waals surface area contributed by atoms with E-state index in [1.807, 2.05) is 24.3 Å². The van der Waals surface area contributed by atoms with Gasteiger partial charge in [-0.05, 0) is 55.6 Å². The number of rotatable bonds is 4. The number of carbonyl (C=O) groups is 1. The fourth-order valence-electron chi connectivity index (χ4n) is 3.48. The van der Waals surface area contributed by atoms with Gasteiger partial charge in [-0.15, -0.1) is 0 Å². The van der Waals surface area contributed by atoms with Crippen LogP contribution in [0.5, 0.6) is 0 Å². The Hall–Kier alpha value is -3.26. The summed E-state index contributed by atoms with van der Waals surface area (Å²) in [5.74, 6) is -0.247. The minimum atomic E-state index is -4.45. The third kappa shape index (κ3) is 4.91. The number of halogens is 3. The first-order chi connectivity index (χ1) is 14.8. The minimum absolute atomic E-state index is 0.0237. The van der Waals surface area contributed by atoms with Crippen LogP contribution in [-0.4, -0.2) is 44.0 Å². The van der Waals surface area contributed by atoms with E-state index in [1.165, 1.54) is 24.3 Å². The molecule has 1 aliphatic rings. The molecule has 0 radical (unpaired) electrons. The highest BCUT2D eigenvalue weighted by atomic mass is 19.4. The van der Waals surface area contributed by atoms with E-state index in [-0.39, 0.29) is 17.1 Å². The molecular formula is C23H22F3N3O2. The van der Waals surface area contributed by atoms with Gasteiger partial charge >= 0.3 is 6.18 Å². The quantitative estimate of drug-likeness (QED) is 0.636. The van der Waals surface area contributed by atoms with Gasteiger partial charge in [0.25, 0.3) is 5.91 Å². The molecule has 0 spiro atoms. The van der Waals surface area contributed by atoms with Crippen molar-refractivity contribution in [2.45, 2.75) is 6.18 Å². The molecule has 1 aromatic heterocycles. The maximum absolute atomic E-state index is 12.9. The Bertz CT molecular complexity index is 1050. The van der Waals surface area contributed by atoms with E-state index in [9.17, 15) is 18.0 Å². The molecule has 2 aromatic carbocycles. The zero-order valence-corrected chi connectivity index (χ0v) is 16.9. The highest BCUT2D eigenvalue weighted by Crippen LogP contribution is 2.32. The first-order valence-corrected chi connectivity index (χ1v) is 9.92. The van der Waals surface area contributed by atoms with Gasteiger partial charge in [-0.3, -0.25) is 4.79 Å². The number of hydrogen-bond donors (Lipinski definition) is 1. The number of likely N-dealkylation sites (N-methyl/N-ethyl adjacent to an activating group) is 1. The summed E-state index contributed by atoms with van der Waals surface area (Å²) >= 11 is 0. The molecule has 1 N–H and O–H groups in total. The van der Waals surface area contributed by atoms with E-state index >= 15 is 0 Å². The SMILES string of the molecule is CN1CCN(c2ccc(NC(=O)c3ccc(-c4cccc(C(F)(F)F)c4)o3)cc2)CC1. The van der Waals surface area contributed by atoms with Crippen LogP contribution in [0.3, 0.4) is 0 Å². The van der Waals surface area contributed by atoms with E-state index in [2.05, 4.69) is 22.2 Å². The lowest BCUT2D eigenvalue weighted by Crippen LogP contribution is -2.44. The van der Waals surface area contributed by atoms with Gasteiger partial charge in [-0.2, -0.15) is 13.2 Å². The third-order valence-electron chi connectivity index (χ3n) is 5.30. The second kappa shape index (κ2) is 8.47. The van der Waals surface area contributed by atoms with Crippen LogP contribution in [-0.2, 0) is 6.18 Å². The summed E-state index contributed by atoms with van der Waals surface area (Å²) in [6.07, 6.45) is -4.45. The second-order valence-electron chi connectivity index (χ2n) is 7.53. The first kappa shape index (κ1) is 21.0. The average Bonchev–Trinajstić information content (AvgIpc) is 3.25. The highest BCUT2D eigenvalue weighted by Gasteiger charge is 2.30. The Balaban J connectivity index is 1.42. The highest BCUT2D eigenvalue weighted by molar-refractivity contribution is 6.02. The fraction of sp³-hybridized carbons (Fsp3) is 0.261. The van der Waals surface area contributed by atoms with Gasteiger partial charge in [0.1, 0.15) is 5.76 Å². The molecule has 0 saturated carbocycles. The van der Waals surface area contributed by atoms with Crippen molar-refractivity contribution in [1.29, 1.82) is 0 Å². The van der Waals surface area contributed by atoms with E-state index in [4.69, 9.17) is 4.42 Å². The normalized spacial score (nSPS) is 15.2. The monoisotopic (exact) mass is 429 g/mol. The van der Waals surface area contributed by atoms with Crippen molar-refractivity contribution in [2.75, 3.05) is 43.4 Å². The number of carbonyl (C=O) groups excluding carboxylic acids is 1. The molecule has 1 aliphatic heterocycles. The van der Waals surface area contributed by atoms with Crippen molar-refractivity contribution < 1.29 is 22.4 Å². The predicted molar refractivity (Wildman–Crippen MR) is 113 cm³/mol. The van der Waals surface area contributed by atoms with Gasteiger partial charge < -0.3 is 19.5 Å². The summed E-state index contributed by atoms with van der Waals surface area (Å²) in [5.41, 5.74) is 1.19. The van der Waals surface area contributed by atoms with Crippen LogP contribution in [0.15, 0.2) is 65.1 Å². The van der Waals surface area contributed by atoms with Crippen LogP contribution < -0.4 is 10.2 Å². The zero-order chi connectivity index (χ0) is 22.0. The maximum atomic E-state index is 12.9. The number of benzene rings is 2. The number of nitrogens with one attached hydrogen (secondary N) is 1. The molecule has 0 atom stereocenters. The molecule has 1 amide bonds. The number of alkyl halides is 3. The van der Waals surface area contributed by atoms with Crippen molar-refractivity contribution in [3.8, 4) is 11.3 Å². The third-order valence-corrected chi connectivity index (χ3v) is 5.30. The Morgan fingerprint density at radius 3 is 2.35 bits per heavy atom. The molecule has 3 aromatic rings. The van der Waals surface area contributed by atoms with Crippen molar-refractivity contribution in [3.63, 3.8) is 0 Å². The van der Waals surface area contributed by atoms with Gasteiger partial charge in [0.15, 0.2) is 5.76 Å². The summed E-state index contributed by atoms with van der Waals surface area (Å²) in [4.78, 5) is 17.1. The van der Waals surface area contributed by atoms with E-state index in [1.54, 1.807) is 0 Å². The van der Waals surface area contributed by atoms with Crippen LogP contribution in [0, 0.1) is 0 Å². The van der Waals surface area contributed by atoms with E-state index in [0.29, 0.717) is 5.69 Å². The summed E-state index contributed by atoms with van der Waals surface area (Å²) in [7, 11) is 2.10. The molecule has 5 nitrogen and oxygen atoms in total. The van der Waals surface area contributed by atoms with Gasteiger partial charge in [0, 0.05) is 43.1 Å². The summed E-state index contributed by atoms with van der Waals surface area (Å²) < 4.78 is 44.3. The van der Waals surface area contributed by atoms with Crippen molar-refractivity contribution in [2.24, 2.45) is 0 Å². The van der Waals surface area contributed by atoms with Gasteiger partial charge in [-0.25, -0.2) is 0 Å². The van der Waals surface area contributed by atoms with Gasteiger partial charge in [0.05, 0.1) is 5.56 Å². The fourth-order valence-corrected chi connectivity index (χ4v) is 3.48. The summed E-state index contributed by atoms with van der Waals surface area (Å²) in [6.45, 7) is 3.91. The van der Waals surface area contributed by atoms with Gasteiger partial charge in [0.2, 0.25) is 0 Å². The molecule has 1 fully saturated rings. The van der Waals surface area contributed by atoms with E-state index < -0.39 is 17.6 Å². The Labute approximate surface area is 178 Å². The van der Waals surface area contributed by atoms with Crippen LogP contribution in [0.1, 0.15) is 16.1 Å². The molecule has 2 heterocycles. The predicted octanol–water partition coefficient (Wildman–Crippen LogP) is 4.97. The molecule has 0 aliphatic carbocycles. The standard InChI is InChI=1S/C23H22F3N3O2/c1-28-11-13-29(14-12-28)19-7-5-18(6-8-19)27-22(30)21-10-9-20(31-21)16-3-2-4-17(15-16)23(24,25)26/h2-10,15H,11-14H2,1H3,(H,27,30). The van der Waals surface area contributed by atoms with Crippen molar-refractivity contribution in [3.05, 3.63) is 72.0 Å². The average molecular weight is 429 g/mol. The molecule has 162 valence electrons. The van der Waals surface area contributed by atoms with Crippen molar-refractivity contribution in [1.82, 2.24) is 4.90 Å². The lowest BCUT2D eigenvalue weighted by molar-refractivity contribution is -0.137. The van der Waals surface area contributed by atoms with Crippen LogP contribution in [0.25, 0.3) is 11.3 Å².